The van der Waals surface area contributed by atoms with E-state index in [9.17, 15) is 9.59 Å². The van der Waals surface area contributed by atoms with Crippen LogP contribution >= 0.6 is 0 Å². The maximum Gasteiger partial charge on any atom is 0.343 e. The molecule has 2 heterocycles. The summed E-state index contributed by atoms with van der Waals surface area (Å²) in [6.07, 6.45) is 6.62. The molecule has 11 nitrogen and oxygen atoms in total. The number of benzene rings is 2. The van der Waals surface area contributed by atoms with Gasteiger partial charge in [0.25, 0.3) is 0 Å². The average molecular weight is 597 g/mol. The number of fused-ring (bicyclic) bond motifs is 1. The molecule has 0 spiro atoms. The van der Waals surface area contributed by atoms with Crippen LogP contribution in [-0.4, -0.2) is 47.4 Å². The summed E-state index contributed by atoms with van der Waals surface area (Å²) >= 11 is 0. The molecule has 0 unspecified atom stereocenters. The molecule has 1 fully saturated rings. The number of carbonyl (C=O) groups excluding carboxylic acids is 1. The number of para-hydroxylation sites is 1. The lowest BCUT2D eigenvalue weighted by Crippen LogP contribution is -2.30. The van der Waals surface area contributed by atoms with Gasteiger partial charge >= 0.3 is 5.97 Å². The largest absolute Gasteiger partial charge is 0.493 e. The van der Waals surface area contributed by atoms with Gasteiger partial charge in [0.15, 0.2) is 11.5 Å². The Hall–Kier alpha value is -5.08. The maximum atomic E-state index is 14.0. The highest BCUT2D eigenvalue weighted by Crippen LogP contribution is 2.33. The third-order valence-corrected chi connectivity index (χ3v) is 7.89. The van der Waals surface area contributed by atoms with E-state index in [4.69, 9.17) is 31.4 Å². The van der Waals surface area contributed by atoms with Crippen LogP contribution in [0.3, 0.4) is 0 Å². The second-order valence-electron chi connectivity index (χ2n) is 10.7. The van der Waals surface area contributed by atoms with Gasteiger partial charge in [-0.05, 0) is 62.4 Å². The molecule has 1 aliphatic carbocycles. The minimum absolute atomic E-state index is 0.0190. The molecular weight excluding hydrogens is 560 g/mol. The van der Waals surface area contributed by atoms with Gasteiger partial charge in [0.1, 0.15) is 11.4 Å². The first-order chi connectivity index (χ1) is 21.2. The van der Waals surface area contributed by atoms with Crippen LogP contribution in [0.5, 0.6) is 11.5 Å². The molecule has 228 valence electrons. The predicted octanol–water partition coefficient (Wildman–Crippen LogP) is 3.58. The van der Waals surface area contributed by atoms with Crippen LogP contribution in [0, 0.1) is 11.8 Å². The number of ether oxygens (including phenoxy) is 3. The van der Waals surface area contributed by atoms with E-state index in [-0.39, 0.29) is 42.4 Å². The number of carbonyl (C=O) groups is 1. The van der Waals surface area contributed by atoms with Gasteiger partial charge in [0.05, 0.1) is 37.3 Å². The average Bonchev–Trinajstić information content (AvgIpc) is 3.01. The van der Waals surface area contributed by atoms with Crippen molar-refractivity contribution in [1.29, 1.82) is 0 Å². The van der Waals surface area contributed by atoms with E-state index in [2.05, 4.69) is 21.8 Å². The fraction of sp³-hybridized carbons (Fsp3) is 0.333. The van der Waals surface area contributed by atoms with Crippen molar-refractivity contribution in [2.24, 2.45) is 5.73 Å². The lowest BCUT2D eigenvalue weighted by Gasteiger charge is -2.30. The molecule has 4 aromatic rings. The van der Waals surface area contributed by atoms with Gasteiger partial charge in [0.2, 0.25) is 11.4 Å². The summed E-state index contributed by atoms with van der Waals surface area (Å²) in [5, 5.41) is 0.381. The fourth-order valence-electron chi connectivity index (χ4n) is 5.70. The number of esters is 1. The predicted molar refractivity (Wildman–Crippen MR) is 169 cm³/mol. The van der Waals surface area contributed by atoms with Gasteiger partial charge in [-0.2, -0.15) is 4.98 Å². The summed E-state index contributed by atoms with van der Waals surface area (Å²) in [6, 6.07) is 9.32. The fourth-order valence-corrected chi connectivity index (χ4v) is 5.70. The van der Waals surface area contributed by atoms with Crippen molar-refractivity contribution < 1.29 is 19.0 Å². The molecule has 0 aliphatic heterocycles. The monoisotopic (exact) mass is 596 g/mol. The Kier molecular flexibility index (Phi) is 9.01. The molecular formula is C33H36N6O5. The van der Waals surface area contributed by atoms with Crippen LogP contribution in [-0.2, 0) is 11.2 Å². The molecule has 1 saturated carbocycles. The van der Waals surface area contributed by atoms with Crippen molar-refractivity contribution in [2.45, 2.75) is 51.1 Å². The van der Waals surface area contributed by atoms with Crippen LogP contribution < -0.4 is 32.1 Å². The number of pyridine rings is 1. The number of nitrogen functional groups attached to an aromatic ring is 2. The lowest BCUT2D eigenvalue weighted by molar-refractivity contribution is 0.0524. The van der Waals surface area contributed by atoms with E-state index >= 15 is 0 Å². The highest BCUT2D eigenvalue weighted by molar-refractivity contribution is 5.95. The van der Waals surface area contributed by atoms with Crippen molar-refractivity contribution >= 4 is 28.6 Å². The third-order valence-electron chi connectivity index (χ3n) is 7.89. The molecule has 0 bridgehead atoms. The van der Waals surface area contributed by atoms with E-state index in [0.717, 1.165) is 25.7 Å². The number of hydrogen-bond acceptors (Lipinski definition) is 10. The molecule has 1 aliphatic rings. The first kappa shape index (κ1) is 30.4. The standard InChI is InChI=1S/C33H36N6O5/c1-4-44-32(41)25-18-39(24-12-10-23(34)11-13-24)26-15-19(8-9-20-6-5-7-27(42-2)30(20)43-3)14-21(28(26)29(25)40)16-22-17-37-33(36)38-31(22)35/h5-7,14-15,17-18,23-24H,4,10-13,16,34H2,1-3H3,(H4,35,36,37,38). The van der Waals surface area contributed by atoms with Crippen LogP contribution in [0.4, 0.5) is 11.8 Å². The van der Waals surface area contributed by atoms with E-state index in [1.165, 1.54) is 0 Å². The first-order valence-corrected chi connectivity index (χ1v) is 14.5. The maximum absolute atomic E-state index is 14.0. The second kappa shape index (κ2) is 13.1. The van der Waals surface area contributed by atoms with Crippen LogP contribution in [0.15, 0.2) is 47.5 Å². The quantitative estimate of drug-likeness (QED) is 0.212. The molecule has 11 heteroatoms. The summed E-state index contributed by atoms with van der Waals surface area (Å²) in [7, 11) is 3.13. The molecule has 2 aromatic carbocycles. The van der Waals surface area contributed by atoms with Crippen molar-refractivity contribution in [3.8, 4) is 23.3 Å². The molecule has 0 radical (unpaired) electrons. The number of methoxy groups -OCH3 is 2. The highest BCUT2D eigenvalue weighted by atomic mass is 16.5. The summed E-state index contributed by atoms with van der Waals surface area (Å²) in [5.74, 6) is 7.10. The number of nitrogens with zero attached hydrogens (tertiary/aromatic N) is 3. The molecule has 6 N–H and O–H groups in total. The van der Waals surface area contributed by atoms with Gasteiger partial charge in [-0.15, -0.1) is 0 Å². The van der Waals surface area contributed by atoms with Crippen LogP contribution in [0.2, 0.25) is 0 Å². The Morgan fingerprint density at radius 3 is 2.52 bits per heavy atom. The zero-order chi connectivity index (χ0) is 31.4. The summed E-state index contributed by atoms with van der Waals surface area (Å²) in [6.45, 7) is 1.85. The number of anilines is 2. The van der Waals surface area contributed by atoms with E-state index in [1.54, 1.807) is 39.6 Å². The van der Waals surface area contributed by atoms with Gasteiger partial charge in [-0.1, -0.05) is 17.9 Å². The van der Waals surface area contributed by atoms with Crippen molar-refractivity contribution in [3.63, 3.8) is 0 Å². The summed E-state index contributed by atoms with van der Waals surface area (Å²) < 4.78 is 18.3. The van der Waals surface area contributed by atoms with E-state index in [0.29, 0.717) is 44.7 Å². The van der Waals surface area contributed by atoms with E-state index in [1.807, 2.05) is 28.8 Å². The normalized spacial score (nSPS) is 16.2. The third kappa shape index (κ3) is 6.16. The number of hydrogen-bond donors (Lipinski definition) is 3. The molecule has 44 heavy (non-hydrogen) atoms. The van der Waals surface area contributed by atoms with Gasteiger partial charge in [-0.25, -0.2) is 9.78 Å². The molecule has 0 atom stereocenters. The van der Waals surface area contributed by atoms with Gasteiger partial charge < -0.3 is 36.0 Å². The smallest absolute Gasteiger partial charge is 0.343 e. The Morgan fingerprint density at radius 1 is 1.07 bits per heavy atom. The number of rotatable bonds is 7. The van der Waals surface area contributed by atoms with Crippen LogP contribution in [0.25, 0.3) is 10.9 Å². The second-order valence-corrected chi connectivity index (χ2v) is 10.7. The van der Waals surface area contributed by atoms with Crippen molar-refractivity contribution in [2.75, 3.05) is 32.3 Å². The minimum Gasteiger partial charge on any atom is -0.493 e. The summed E-state index contributed by atoms with van der Waals surface area (Å²) in [5.41, 5.74) is 20.8. The SMILES string of the molecule is CCOC(=O)c1cn(C2CCC(N)CC2)c2cc(C#Cc3cccc(OC)c3OC)cc(Cc3cnc(N)nc3N)c2c1=O. The zero-order valence-corrected chi connectivity index (χ0v) is 25.1. The van der Waals surface area contributed by atoms with E-state index < -0.39 is 11.4 Å². The molecule has 2 aromatic heterocycles. The van der Waals surface area contributed by atoms with Gasteiger partial charge in [0, 0.05) is 42.0 Å². The Labute approximate surface area is 255 Å². The lowest BCUT2D eigenvalue weighted by atomic mass is 9.90. The molecule has 0 saturated heterocycles. The zero-order valence-electron chi connectivity index (χ0n) is 25.1. The minimum atomic E-state index is -0.670. The summed E-state index contributed by atoms with van der Waals surface area (Å²) in [4.78, 5) is 35.3. The molecule has 0 amide bonds. The van der Waals surface area contributed by atoms with Crippen molar-refractivity contribution in [3.05, 3.63) is 80.8 Å². The number of aromatic nitrogens is 3. The molecule has 5 rings (SSSR count). The Bertz CT molecular complexity index is 1830. The van der Waals surface area contributed by atoms with Crippen molar-refractivity contribution in [1.82, 2.24) is 14.5 Å². The van der Waals surface area contributed by atoms with Crippen LogP contribution in [0.1, 0.15) is 71.3 Å². The number of nitrogens with two attached hydrogens (primary N) is 3. The van der Waals surface area contributed by atoms with Gasteiger partial charge in [-0.3, -0.25) is 4.79 Å². The Morgan fingerprint density at radius 2 is 1.84 bits per heavy atom. The topological polar surface area (TPSA) is 171 Å². The Balaban J connectivity index is 1.78. The highest BCUT2D eigenvalue weighted by Gasteiger charge is 2.26. The first-order valence-electron chi connectivity index (χ1n) is 14.5.